The van der Waals surface area contributed by atoms with E-state index in [4.69, 9.17) is 19.7 Å². The van der Waals surface area contributed by atoms with E-state index in [1.54, 1.807) is 0 Å². The highest BCUT2D eigenvalue weighted by Gasteiger charge is 2.55. The summed E-state index contributed by atoms with van der Waals surface area (Å²) in [5, 5.41) is 14.2. The molecule has 0 bridgehead atoms. The lowest BCUT2D eigenvalue weighted by molar-refractivity contribution is -0.101. The van der Waals surface area contributed by atoms with Gasteiger partial charge in [-0.2, -0.15) is 4.98 Å². The summed E-state index contributed by atoms with van der Waals surface area (Å²) < 4.78 is 31.5. The molecule has 4 rings (SSSR count). The number of nitrogens with one attached hydrogen (secondary N) is 2. The van der Waals surface area contributed by atoms with Gasteiger partial charge in [0.1, 0.15) is 17.8 Å². The molecular formula is C20H27N6O6P. The monoisotopic (exact) mass is 478 g/mol. The summed E-state index contributed by atoms with van der Waals surface area (Å²) in [4.78, 5) is 22.7. The number of aromatic nitrogens is 4. The lowest BCUT2D eigenvalue weighted by Gasteiger charge is -2.29. The van der Waals surface area contributed by atoms with Crippen molar-refractivity contribution >= 4 is 24.6 Å². The Balaban J connectivity index is 1.51. The molecule has 1 aliphatic rings. The third-order valence-electron chi connectivity index (χ3n) is 5.57. The van der Waals surface area contributed by atoms with Gasteiger partial charge in [0, 0.05) is 20.3 Å². The Bertz CT molecular complexity index is 1230. The van der Waals surface area contributed by atoms with Crippen LogP contribution < -0.4 is 16.4 Å². The summed E-state index contributed by atoms with van der Waals surface area (Å²) in [5.41, 5.74) is 4.79. The first-order valence-electron chi connectivity index (χ1n) is 10.3. The molecule has 5 unspecified atom stereocenters. The van der Waals surface area contributed by atoms with Crippen LogP contribution in [0, 0.1) is 0 Å². The number of hydrogen-bond donors (Lipinski definition) is 4. The summed E-state index contributed by atoms with van der Waals surface area (Å²) in [7, 11) is -1.75. The van der Waals surface area contributed by atoms with Gasteiger partial charge in [-0.3, -0.25) is 18.9 Å². The molecule has 33 heavy (non-hydrogen) atoms. The van der Waals surface area contributed by atoms with Gasteiger partial charge in [-0.15, -0.1) is 0 Å². The number of benzene rings is 1. The number of hydrogen-bond acceptors (Lipinski definition) is 9. The number of ether oxygens (including phenoxy) is 2. The van der Waals surface area contributed by atoms with E-state index < -0.39 is 37.1 Å². The molecule has 13 heteroatoms. The fourth-order valence-corrected chi connectivity index (χ4v) is 4.96. The molecule has 2 aromatic heterocycles. The second-order valence-electron chi connectivity index (χ2n) is 8.15. The molecule has 1 fully saturated rings. The van der Waals surface area contributed by atoms with Crippen LogP contribution in [0.3, 0.4) is 0 Å². The number of nitrogens with two attached hydrogens (primary N) is 1. The maximum atomic E-state index is 12.9. The normalized spacial score (nSPS) is 27.1. The summed E-state index contributed by atoms with van der Waals surface area (Å²) in [5.74, 6) is -0.0912. The van der Waals surface area contributed by atoms with Crippen LogP contribution >= 0.6 is 7.52 Å². The van der Waals surface area contributed by atoms with Crippen molar-refractivity contribution in [2.45, 2.75) is 37.5 Å². The van der Waals surface area contributed by atoms with Crippen LogP contribution in [0.2, 0.25) is 0 Å². The number of imidazole rings is 1. The molecule has 3 heterocycles. The number of anilines is 1. The minimum absolute atomic E-state index is 0.0560. The highest BCUT2D eigenvalue weighted by atomic mass is 31.2. The first-order valence-corrected chi connectivity index (χ1v) is 12.3. The van der Waals surface area contributed by atoms with E-state index in [-0.39, 0.29) is 23.7 Å². The van der Waals surface area contributed by atoms with Crippen LogP contribution in [0.15, 0.2) is 41.5 Å². The van der Waals surface area contributed by atoms with Crippen molar-refractivity contribution in [3.63, 3.8) is 0 Å². The molecule has 0 saturated carbocycles. The van der Waals surface area contributed by atoms with Gasteiger partial charge >= 0.3 is 0 Å². The van der Waals surface area contributed by atoms with Crippen molar-refractivity contribution in [2.24, 2.45) is 0 Å². The predicted molar refractivity (Wildman–Crippen MR) is 121 cm³/mol. The molecule has 5 N–H and O–H groups in total. The second-order valence-corrected chi connectivity index (χ2v) is 10.4. The molecule has 5 atom stereocenters. The van der Waals surface area contributed by atoms with Gasteiger partial charge in [-0.1, -0.05) is 30.3 Å². The van der Waals surface area contributed by atoms with Crippen molar-refractivity contribution in [3.05, 3.63) is 52.6 Å². The minimum atomic E-state index is -3.18. The molecule has 0 spiro atoms. The average molecular weight is 478 g/mol. The Morgan fingerprint density at radius 2 is 2.12 bits per heavy atom. The van der Waals surface area contributed by atoms with E-state index in [9.17, 15) is 14.5 Å². The third-order valence-corrected chi connectivity index (χ3v) is 6.95. The fourth-order valence-electron chi connectivity index (χ4n) is 3.96. The van der Waals surface area contributed by atoms with Gasteiger partial charge in [0.25, 0.3) is 13.1 Å². The fraction of sp³-hybridized carbons (Fsp3) is 0.450. The van der Waals surface area contributed by atoms with Crippen LogP contribution in [0.25, 0.3) is 11.2 Å². The smallest absolute Gasteiger partial charge is 0.280 e. The highest BCUT2D eigenvalue weighted by Crippen LogP contribution is 2.44. The maximum absolute atomic E-state index is 12.9. The molecular weight excluding hydrogens is 451 g/mol. The van der Waals surface area contributed by atoms with Crippen LogP contribution in [-0.2, 0) is 25.1 Å². The van der Waals surface area contributed by atoms with E-state index in [1.165, 1.54) is 31.6 Å². The van der Waals surface area contributed by atoms with Crippen molar-refractivity contribution in [3.8, 4) is 0 Å². The third kappa shape index (κ3) is 4.72. The summed E-state index contributed by atoms with van der Waals surface area (Å²) >= 11 is 0. The molecule has 12 nitrogen and oxygen atoms in total. The lowest BCUT2D eigenvalue weighted by Crippen LogP contribution is -2.45. The Morgan fingerprint density at radius 1 is 1.39 bits per heavy atom. The molecule has 1 aliphatic heterocycles. The van der Waals surface area contributed by atoms with E-state index in [2.05, 4.69) is 20.0 Å². The van der Waals surface area contributed by atoms with Gasteiger partial charge in [-0.05, 0) is 12.5 Å². The van der Waals surface area contributed by atoms with Gasteiger partial charge in [0.2, 0.25) is 5.95 Å². The van der Waals surface area contributed by atoms with E-state index in [0.717, 1.165) is 5.56 Å². The van der Waals surface area contributed by atoms with Crippen LogP contribution in [0.5, 0.6) is 0 Å². The van der Waals surface area contributed by atoms with Gasteiger partial charge < -0.3 is 24.8 Å². The molecule has 3 aromatic rings. The molecule has 1 saturated heterocycles. The summed E-state index contributed by atoms with van der Waals surface area (Å²) in [6.45, 7) is 3.28. The first kappa shape index (κ1) is 23.6. The van der Waals surface area contributed by atoms with Gasteiger partial charge in [-0.25, -0.2) is 10.1 Å². The Morgan fingerprint density at radius 3 is 2.82 bits per heavy atom. The SMILES string of the molecule is COC1C(COP(C)(=O)NCc2ccccc2)OC(n2cnc3c(=O)[nH]c(N)nc32)C1(C)O. The minimum Gasteiger partial charge on any atom is -0.383 e. The number of methoxy groups -OCH3 is 1. The standard InChI is InChI=1S/C20H27N6O6P/c1-20(28)15(30-2)13(10-31-33(3,29)23-9-12-7-5-4-6-8-12)32-18(20)26-11-22-14-16(26)24-19(21)25-17(14)27/h4-8,11,13,15,18,28H,9-10H2,1-3H3,(H,23,29)(H3,21,24,25,27). The Hall–Kier alpha value is -2.60. The quantitative estimate of drug-likeness (QED) is 0.343. The van der Waals surface area contributed by atoms with Crippen LogP contribution in [-0.4, -0.2) is 62.8 Å². The Kier molecular flexibility index (Phi) is 6.41. The first-order chi connectivity index (χ1) is 15.6. The predicted octanol–water partition coefficient (Wildman–Crippen LogP) is 0.995. The number of nitrogens with zero attached hydrogens (tertiary/aromatic N) is 3. The largest absolute Gasteiger partial charge is 0.383 e. The highest BCUT2D eigenvalue weighted by molar-refractivity contribution is 7.55. The van der Waals surface area contributed by atoms with Crippen molar-refractivity contribution in [1.29, 1.82) is 0 Å². The molecule has 1 aromatic carbocycles. The number of aromatic amines is 1. The zero-order valence-electron chi connectivity index (χ0n) is 18.5. The lowest BCUT2D eigenvalue weighted by atomic mass is 9.96. The average Bonchev–Trinajstić information content (AvgIpc) is 3.29. The van der Waals surface area contributed by atoms with E-state index in [0.29, 0.717) is 6.54 Å². The second kappa shape index (κ2) is 8.98. The number of rotatable bonds is 8. The summed E-state index contributed by atoms with van der Waals surface area (Å²) in [6.07, 6.45) is -1.26. The van der Waals surface area contributed by atoms with Gasteiger partial charge in [0.05, 0.1) is 12.9 Å². The summed E-state index contributed by atoms with van der Waals surface area (Å²) in [6, 6.07) is 9.52. The zero-order valence-corrected chi connectivity index (χ0v) is 19.4. The zero-order chi connectivity index (χ0) is 23.8. The van der Waals surface area contributed by atoms with Crippen molar-refractivity contribution in [1.82, 2.24) is 24.6 Å². The van der Waals surface area contributed by atoms with Crippen LogP contribution in [0.4, 0.5) is 5.95 Å². The number of H-pyrrole nitrogens is 1. The topological polar surface area (TPSA) is 167 Å². The van der Waals surface area contributed by atoms with E-state index >= 15 is 0 Å². The number of fused-ring (bicyclic) bond motifs is 1. The van der Waals surface area contributed by atoms with Crippen LogP contribution in [0.1, 0.15) is 18.7 Å². The van der Waals surface area contributed by atoms with Crippen molar-refractivity contribution in [2.75, 3.05) is 26.1 Å². The molecule has 0 radical (unpaired) electrons. The Labute approximate surface area is 189 Å². The molecule has 0 aliphatic carbocycles. The van der Waals surface area contributed by atoms with E-state index in [1.807, 2.05) is 30.3 Å². The molecule has 178 valence electrons. The van der Waals surface area contributed by atoms with Crippen molar-refractivity contribution < 1.29 is 23.7 Å². The number of nitrogen functional groups attached to an aromatic ring is 1. The number of aliphatic hydroxyl groups is 1. The van der Waals surface area contributed by atoms with Gasteiger partial charge in [0.15, 0.2) is 17.4 Å². The molecule has 0 amide bonds. The maximum Gasteiger partial charge on any atom is 0.280 e.